The first-order valence-corrected chi connectivity index (χ1v) is 10.2. The maximum absolute atomic E-state index is 13.2. The highest BCUT2D eigenvalue weighted by Crippen LogP contribution is 2.26. The molecule has 0 unspecified atom stereocenters. The molecule has 10 heteroatoms. The van der Waals surface area contributed by atoms with Crippen molar-refractivity contribution in [2.45, 2.75) is 26.3 Å². The second-order valence-electron chi connectivity index (χ2n) is 6.20. The third-order valence-electron chi connectivity index (χ3n) is 4.10. The van der Waals surface area contributed by atoms with Crippen LogP contribution in [-0.2, 0) is 14.8 Å². The lowest BCUT2D eigenvalue weighted by Crippen LogP contribution is -2.47. The average Bonchev–Trinajstić information content (AvgIpc) is 2.61. The summed E-state index contributed by atoms with van der Waals surface area (Å²) in [6.45, 7) is 3.29. The minimum Gasteiger partial charge on any atom is -0.324 e. The number of hydrogen-bond donors (Lipinski definition) is 1. The highest BCUT2D eigenvalue weighted by Gasteiger charge is 2.32. The molecule has 2 aromatic carbocycles. The molecule has 1 N–H and O–H groups in total. The zero-order valence-electron chi connectivity index (χ0n) is 15.5. The van der Waals surface area contributed by atoms with Crippen LogP contribution in [-0.4, -0.2) is 31.5 Å². The van der Waals surface area contributed by atoms with Crippen molar-refractivity contribution in [2.24, 2.45) is 0 Å². The molecule has 0 saturated heterocycles. The fourth-order valence-electron chi connectivity index (χ4n) is 2.72. The molecule has 0 aliphatic carbocycles. The summed E-state index contributed by atoms with van der Waals surface area (Å²) in [5.74, 6) is -1.19. The first kappa shape index (κ1) is 21.3. The van der Waals surface area contributed by atoms with Crippen molar-refractivity contribution >= 4 is 33.0 Å². The monoisotopic (exact) mass is 409 g/mol. The number of nitro benzene ring substituents is 1. The zero-order chi connectivity index (χ0) is 21.1. The van der Waals surface area contributed by atoms with Gasteiger partial charge in [0.25, 0.3) is 5.69 Å². The van der Waals surface area contributed by atoms with Crippen molar-refractivity contribution in [2.75, 3.05) is 15.9 Å². The van der Waals surface area contributed by atoms with Gasteiger partial charge in [-0.3, -0.25) is 19.2 Å². The molecule has 0 fully saturated rings. The normalized spacial score (nSPS) is 12.3. The zero-order valence-corrected chi connectivity index (χ0v) is 16.4. The topological polar surface area (TPSA) is 110 Å². The lowest BCUT2D eigenvalue weighted by molar-refractivity contribution is -0.384. The van der Waals surface area contributed by atoms with Gasteiger partial charge in [-0.25, -0.2) is 12.8 Å². The maximum atomic E-state index is 13.2. The van der Waals surface area contributed by atoms with Crippen LogP contribution in [0.2, 0.25) is 0 Å². The fraction of sp³-hybridized carbons (Fsp3) is 0.278. The number of carbonyl (C=O) groups excluding carboxylic acids is 1. The first-order chi connectivity index (χ1) is 13.0. The number of nitro groups is 1. The van der Waals surface area contributed by atoms with Gasteiger partial charge in [-0.15, -0.1) is 0 Å². The second-order valence-corrected chi connectivity index (χ2v) is 8.06. The van der Waals surface area contributed by atoms with E-state index >= 15 is 0 Å². The van der Waals surface area contributed by atoms with Crippen molar-refractivity contribution in [3.8, 4) is 0 Å². The van der Waals surface area contributed by atoms with Gasteiger partial charge in [0, 0.05) is 12.1 Å². The smallest absolute Gasteiger partial charge is 0.271 e. The minimum absolute atomic E-state index is 0.129. The van der Waals surface area contributed by atoms with Crippen LogP contribution in [0.25, 0.3) is 0 Å². The van der Waals surface area contributed by atoms with Crippen LogP contribution >= 0.6 is 0 Å². The summed E-state index contributed by atoms with van der Waals surface area (Å²) < 4.78 is 38.8. The quantitative estimate of drug-likeness (QED) is 0.558. The van der Waals surface area contributed by atoms with Crippen molar-refractivity contribution in [1.82, 2.24) is 0 Å². The Kier molecular flexibility index (Phi) is 6.34. The molecule has 150 valence electrons. The molecule has 0 spiro atoms. The van der Waals surface area contributed by atoms with Crippen molar-refractivity contribution in [3.63, 3.8) is 0 Å². The standard InChI is InChI=1S/C18H20FN3O5S/c1-4-17(21(28(3,26)27)14-9-6-13(19)7-10-14)18(23)20-16-11-15(22(24)25)8-5-12(16)2/h5-11,17H,4H2,1-3H3,(H,20,23)/t17-/m0/s1. The lowest BCUT2D eigenvalue weighted by atomic mass is 10.1. The summed E-state index contributed by atoms with van der Waals surface area (Å²) in [6, 6.07) is 7.62. The highest BCUT2D eigenvalue weighted by atomic mass is 32.2. The van der Waals surface area contributed by atoms with E-state index in [4.69, 9.17) is 0 Å². The number of hydrogen-bond acceptors (Lipinski definition) is 5. The molecule has 8 nitrogen and oxygen atoms in total. The van der Waals surface area contributed by atoms with E-state index in [2.05, 4.69) is 5.32 Å². The van der Waals surface area contributed by atoms with Crippen molar-refractivity contribution < 1.29 is 22.5 Å². The molecule has 1 amide bonds. The van der Waals surface area contributed by atoms with E-state index < -0.39 is 32.7 Å². The summed E-state index contributed by atoms with van der Waals surface area (Å²) >= 11 is 0. The van der Waals surface area contributed by atoms with Gasteiger partial charge in [0.2, 0.25) is 15.9 Å². The predicted molar refractivity (Wildman–Crippen MR) is 104 cm³/mol. The van der Waals surface area contributed by atoms with Crippen molar-refractivity contribution in [3.05, 3.63) is 64.0 Å². The van der Waals surface area contributed by atoms with Gasteiger partial charge in [-0.05, 0) is 43.2 Å². The summed E-state index contributed by atoms with van der Waals surface area (Å²) in [4.78, 5) is 23.2. The Labute approximate surface area is 162 Å². The van der Waals surface area contributed by atoms with E-state index in [0.29, 0.717) is 5.56 Å². The predicted octanol–water partition coefficient (Wildman–Crippen LogP) is 3.23. The largest absolute Gasteiger partial charge is 0.324 e. The number of benzene rings is 2. The molecule has 2 rings (SSSR count). The number of rotatable bonds is 7. The van der Waals surface area contributed by atoms with Gasteiger partial charge in [-0.1, -0.05) is 13.0 Å². The van der Waals surface area contributed by atoms with E-state index in [1.807, 2.05) is 0 Å². The number of aryl methyl sites for hydroxylation is 1. The SMILES string of the molecule is CC[C@@H](C(=O)Nc1cc([N+](=O)[O-])ccc1C)N(c1ccc(F)cc1)S(C)(=O)=O. The number of amides is 1. The van der Waals surface area contributed by atoms with Gasteiger partial charge in [0.15, 0.2) is 0 Å². The Morgan fingerprint density at radius 2 is 1.86 bits per heavy atom. The number of non-ortho nitro benzene ring substituents is 1. The highest BCUT2D eigenvalue weighted by molar-refractivity contribution is 7.92. The number of nitrogens with one attached hydrogen (secondary N) is 1. The molecule has 1 atom stereocenters. The van der Waals surface area contributed by atoms with Crippen molar-refractivity contribution in [1.29, 1.82) is 0 Å². The Balaban J connectivity index is 2.41. The van der Waals surface area contributed by atoms with Crippen LogP contribution in [0.3, 0.4) is 0 Å². The van der Waals surface area contributed by atoms with Gasteiger partial charge in [0.05, 0.1) is 22.6 Å². The van der Waals surface area contributed by atoms with E-state index in [9.17, 15) is 27.7 Å². The molecule has 2 aromatic rings. The van der Waals surface area contributed by atoms with Crippen LogP contribution < -0.4 is 9.62 Å². The summed E-state index contributed by atoms with van der Waals surface area (Å²) in [6.07, 6.45) is 1.08. The summed E-state index contributed by atoms with van der Waals surface area (Å²) in [5.41, 5.74) is 0.737. The fourth-order valence-corrected chi connectivity index (χ4v) is 3.93. The lowest BCUT2D eigenvalue weighted by Gasteiger charge is -2.30. The van der Waals surface area contributed by atoms with Crippen LogP contribution in [0.1, 0.15) is 18.9 Å². The number of anilines is 2. The Hall–Kier alpha value is -3.01. The molecule has 0 aromatic heterocycles. The Morgan fingerprint density at radius 1 is 1.25 bits per heavy atom. The molecule has 0 radical (unpaired) electrons. The average molecular weight is 409 g/mol. The van der Waals surface area contributed by atoms with Gasteiger partial charge in [0.1, 0.15) is 11.9 Å². The third-order valence-corrected chi connectivity index (χ3v) is 5.28. The Bertz CT molecular complexity index is 993. The number of nitrogens with zero attached hydrogens (tertiary/aromatic N) is 2. The molecule has 0 saturated carbocycles. The van der Waals surface area contributed by atoms with E-state index in [1.54, 1.807) is 13.8 Å². The molecule has 0 aliphatic rings. The number of halogens is 1. The second kappa shape index (κ2) is 8.34. The number of carbonyl (C=O) groups is 1. The third kappa shape index (κ3) is 4.83. The molecule has 0 heterocycles. The van der Waals surface area contributed by atoms with E-state index in [0.717, 1.165) is 22.7 Å². The van der Waals surface area contributed by atoms with Gasteiger partial charge >= 0.3 is 0 Å². The summed E-state index contributed by atoms with van der Waals surface area (Å²) in [7, 11) is -3.87. The van der Waals surface area contributed by atoms with Crippen LogP contribution in [0.15, 0.2) is 42.5 Å². The maximum Gasteiger partial charge on any atom is 0.271 e. The van der Waals surface area contributed by atoms with Gasteiger partial charge in [-0.2, -0.15) is 0 Å². The van der Waals surface area contributed by atoms with Crippen LogP contribution in [0, 0.1) is 22.9 Å². The Morgan fingerprint density at radius 3 is 2.36 bits per heavy atom. The number of sulfonamides is 1. The molecular weight excluding hydrogens is 389 g/mol. The minimum atomic E-state index is -3.87. The van der Waals surface area contributed by atoms with Gasteiger partial charge < -0.3 is 5.32 Å². The molecule has 0 aliphatic heterocycles. The molecular formula is C18H20FN3O5S. The van der Waals surface area contributed by atoms with E-state index in [1.165, 1.54) is 30.3 Å². The van der Waals surface area contributed by atoms with Crippen LogP contribution in [0.4, 0.5) is 21.5 Å². The molecule has 0 bridgehead atoms. The van der Waals surface area contributed by atoms with E-state index in [-0.39, 0.29) is 23.5 Å². The van der Waals surface area contributed by atoms with Crippen LogP contribution in [0.5, 0.6) is 0 Å². The first-order valence-electron chi connectivity index (χ1n) is 8.35. The molecule has 28 heavy (non-hydrogen) atoms. The summed E-state index contributed by atoms with van der Waals surface area (Å²) in [5, 5.41) is 13.5.